The fourth-order valence-corrected chi connectivity index (χ4v) is 5.47. The van der Waals surface area contributed by atoms with Gasteiger partial charge in [0.05, 0.1) is 0 Å². The SMILES string of the molecule is CC.CC.CC(C)(Br)C(=O)O.CC(C)(Br)C(=O)O.CC(C)(Br)C(=O)O.CC(C)(C)CC(C)(C)S.CC(C)(C)CC(C)(C)S.CSC(C)(C)CC(C)(C)C. The first-order chi connectivity index (χ1) is 22.5. The number of carbonyl (C=O) groups is 3. The molecular weight excluding hydrogens is 924 g/mol. The zero-order valence-corrected chi connectivity index (χ0v) is 46.5. The van der Waals surface area contributed by atoms with Gasteiger partial charge >= 0.3 is 17.9 Å². The van der Waals surface area contributed by atoms with Crippen molar-refractivity contribution >= 4 is 103 Å². The van der Waals surface area contributed by atoms with Crippen LogP contribution in [0.15, 0.2) is 0 Å². The minimum absolute atomic E-state index is 0.179. The van der Waals surface area contributed by atoms with Crippen LogP contribution in [0.4, 0.5) is 0 Å². The molecule has 0 unspecified atom stereocenters. The van der Waals surface area contributed by atoms with Gasteiger partial charge in [0.25, 0.3) is 0 Å². The van der Waals surface area contributed by atoms with Gasteiger partial charge in [-0.15, -0.1) is 0 Å². The van der Waals surface area contributed by atoms with Crippen LogP contribution in [0.1, 0.15) is 192 Å². The van der Waals surface area contributed by atoms with Crippen molar-refractivity contribution in [3.63, 3.8) is 0 Å². The monoisotopic (exact) mass is 1010 g/mol. The molecule has 0 saturated heterocycles. The van der Waals surface area contributed by atoms with Gasteiger partial charge in [-0.1, -0.05) is 179 Å². The number of alkyl halides is 3. The summed E-state index contributed by atoms with van der Waals surface area (Å²) in [7, 11) is 0. The Morgan fingerprint density at radius 1 is 0.434 bits per heavy atom. The molecule has 12 heteroatoms. The molecule has 53 heavy (non-hydrogen) atoms. The standard InChI is InChI=1S/C9H20S.2C8H18S.3C4H7BrO2.2C2H6/c1-8(2,3)7-9(4,5)10-6;2*1-7(2,3)6-8(4,5)9;3*1-4(2,5)3(6)7;2*1-2/h7H2,1-6H3;2*9H,6H2,1-5H3;3*1-2H3,(H,6,7);2*1-2H3. The average molecular weight is 1010 g/mol. The minimum atomic E-state index is -0.840. The number of thioether (sulfide) groups is 1. The molecule has 0 aliphatic rings. The maximum atomic E-state index is 9.97. The van der Waals surface area contributed by atoms with E-state index in [2.05, 4.69) is 183 Å². The van der Waals surface area contributed by atoms with Crippen LogP contribution in [0.5, 0.6) is 0 Å². The Morgan fingerprint density at radius 2 is 0.566 bits per heavy atom. The second-order valence-electron chi connectivity index (χ2n) is 19.1. The van der Waals surface area contributed by atoms with Gasteiger partial charge in [-0.05, 0) is 83.3 Å². The summed E-state index contributed by atoms with van der Waals surface area (Å²) in [6.07, 6.45) is 5.78. The maximum absolute atomic E-state index is 9.97. The first-order valence-electron chi connectivity index (χ1n) is 18.3. The second-order valence-corrected chi connectivity index (χ2v) is 29.0. The topological polar surface area (TPSA) is 112 Å². The highest BCUT2D eigenvalue weighted by Gasteiger charge is 2.25. The van der Waals surface area contributed by atoms with Crippen LogP contribution in [0.25, 0.3) is 0 Å². The summed E-state index contributed by atoms with van der Waals surface area (Å²) in [5.41, 5.74) is 1.28. The van der Waals surface area contributed by atoms with Crippen LogP contribution in [-0.4, -0.2) is 66.7 Å². The molecule has 3 N–H and O–H groups in total. The van der Waals surface area contributed by atoms with E-state index < -0.39 is 30.9 Å². The molecule has 0 spiro atoms. The number of carboxylic acids is 3. The van der Waals surface area contributed by atoms with E-state index in [0.29, 0.717) is 21.0 Å². The Labute approximate surface area is 371 Å². The largest absolute Gasteiger partial charge is 0.480 e. The molecule has 0 radical (unpaired) electrons. The van der Waals surface area contributed by atoms with Gasteiger partial charge in [-0.2, -0.15) is 37.0 Å². The lowest BCUT2D eigenvalue weighted by molar-refractivity contribution is -0.139. The quantitative estimate of drug-likeness (QED) is 0.128. The molecular formula is C41H89Br3O6S3. The molecule has 0 atom stereocenters. The number of hydrogen-bond donors (Lipinski definition) is 5. The molecule has 0 aromatic carbocycles. The molecule has 0 aromatic heterocycles. The average Bonchev–Trinajstić information content (AvgIpc) is 2.81. The molecule has 0 heterocycles. The third-order valence-electron chi connectivity index (χ3n) is 4.96. The van der Waals surface area contributed by atoms with Crippen LogP contribution in [0, 0.1) is 16.2 Å². The van der Waals surface area contributed by atoms with E-state index in [4.69, 9.17) is 15.3 Å². The highest BCUT2D eigenvalue weighted by atomic mass is 79.9. The molecule has 0 amide bonds. The third kappa shape index (κ3) is 86.1. The first kappa shape index (κ1) is 71.6. The number of aliphatic carboxylic acids is 3. The van der Waals surface area contributed by atoms with Crippen molar-refractivity contribution in [1.82, 2.24) is 0 Å². The fraction of sp³-hybridized carbons (Fsp3) is 0.927. The number of thiol groups is 2. The molecule has 0 rings (SSSR count). The van der Waals surface area contributed by atoms with E-state index in [1.54, 1.807) is 41.5 Å². The van der Waals surface area contributed by atoms with Gasteiger partial charge in [-0.3, -0.25) is 14.4 Å². The summed E-state index contributed by atoms with van der Waals surface area (Å²) in [4.78, 5) is 29.9. The summed E-state index contributed by atoms with van der Waals surface area (Å²) in [6, 6.07) is 0. The van der Waals surface area contributed by atoms with Gasteiger partial charge < -0.3 is 15.3 Å². The summed E-state index contributed by atoms with van der Waals surface area (Å²) >= 11 is 19.7. The van der Waals surface area contributed by atoms with E-state index in [0.717, 1.165) is 12.8 Å². The van der Waals surface area contributed by atoms with Gasteiger partial charge in [-0.25, -0.2) is 0 Å². The van der Waals surface area contributed by atoms with Crippen molar-refractivity contribution in [2.75, 3.05) is 6.26 Å². The Hall–Kier alpha value is 0.900. The number of halogens is 3. The molecule has 0 aromatic rings. The molecule has 0 fully saturated rings. The molecule has 328 valence electrons. The zero-order valence-electron chi connectivity index (χ0n) is 39.1. The predicted octanol–water partition coefficient (Wildman–Crippen LogP) is 15.6. The predicted molar refractivity (Wildman–Crippen MR) is 261 cm³/mol. The van der Waals surface area contributed by atoms with Crippen molar-refractivity contribution in [2.45, 2.75) is 220 Å². The summed E-state index contributed by atoms with van der Waals surface area (Å²) < 4.78 is -1.51. The summed E-state index contributed by atoms with van der Waals surface area (Å²) in [6.45, 7) is 51.0. The van der Waals surface area contributed by atoms with Crippen molar-refractivity contribution in [1.29, 1.82) is 0 Å². The van der Waals surface area contributed by atoms with Crippen LogP contribution in [0.2, 0.25) is 0 Å². The summed E-state index contributed by atoms with van der Waals surface area (Å²) in [5, 5.41) is 24.6. The minimum Gasteiger partial charge on any atom is -0.480 e. The van der Waals surface area contributed by atoms with Crippen LogP contribution >= 0.6 is 84.8 Å². The van der Waals surface area contributed by atoms with Crippen molar-refractivity contribution in [3.8, 4) is 0 Å². The van der Waals surface area contributed by atoms with Gasteiger partial charge in [0.2, 0.25) is 0 Å². The van der Waals surface area contributed by atoms with E-state index in [9.17, 15) is 14.4 Å². The lowest BCUT2D eigenvalue weighted by atomic mass is 9.86. The molecule has 0 aliphatic carbocycles. The lowest BCUT2D eigenvalue weighted by Gasteiger charge is -2.30. The second kappa shape index (κ2) is 30.9. The highest BCUT2D eigenvalue weighted by Crippen LogP contribution is 2.35. The summed E-state index contributed by atoms with van der Waals surface area (Å²) in [5.74, 6) is -2.52. The van der Waals surface area contributed by atoms with Gasteiger partial charge in [0.15, 0.2) is 0 Å². The lowest BCUT2D eigenvalue weighted by Crippen LogP contribution is -2.22. The smallest absolute Gasteiger partial charge is 0.319 e. The van der Waals surface area contributed by atoms with Crippen LogP contribution < -0.4 is 0 Å². The molecule has 0 bridgehead atoms. The van der Waals surface area contributed by atoms with E-state index in [1.807, 2.05) is 39.5 Å². The van der Waals surface area contributed by atoms with Gasteiger partial charge in [0, 0.05) is 14.2 Å². The first-order valence-corrected chi connectivity index (χ1v) is 22.8. The fourth-order valence-electron chi connectivity index (χ4n) is 3.94. The Balaban J connectivity index is -0.0000000753. The van der Waals surface area contributed by atoms with Crippen molar-refractivity contribution in [2.24, 2.45) is 16.2 Å². The normalized spacial score (nSPS) is 12.1. The van der Waals surface area contributed by atoms with E-state index in [1.165, 1.54) is 6.42 Å². The number of hydrogen-bond acceptors (Lipinski definition) is 6. The maximum Gasteiger partial charge on any atom is 0.319 e. The van der Waals surface area contributed by atoms with Crippen LogP contribution in [0.3, 0.4) is 0 Å². The molecule has 0 aliphatic heterocycles. The van der Waals surface area contributed by atoms with Crippen molar-refractivity contribution in [3.05, 3.63) is 0 Å². The van der Waals surface area contributed by atoms with E-state index >= 15 is 0 Å². The Kier molecular flexibility index (Phi) is 41.7. The number of carboxylic acid groups (broad SMARTS) is 3. The van der Waals surface area contributed by atoms with Crippen LogP contribution in [-0.2, 0) is 14.4 Å². The Morgan fingerprint density at radius 3 is 0.585 bits per heavy atom. The Bertz CT molecular complexity index is 809. The highest BCUT2D eigenvalue weighted by molar-refractivity contribution is 9.10. The van der Waals surface area contributed by atoms with Crippen molar-refractivity contribution < 1.29 is 29.7 Å². The third-order valence-corrected chi connectivity index (χ3v) is 7.54. The van der Waals surface area contributed by atoms with E-state index in [-0.39, 0.29) is 9.49 Å². The zero-order chi connectivity index (χ0) is 46.1. The molecule has 0 saturated carbocycles. The number of rotatable bonds is 7. The van der Waals surface area contributed by atoms with Gasteiger partial charge in [0.1, 0.15) is 13.0 Å². The molecule has 6 nitrogen and oxygen atoms in total.